The molecule has 4 saturated heterocycles. The van der Waals surface area contributed by atoms with Crippen LogP contribution in [0.1, 0.15) is 96.1 Å². The third kappa shape index (κ3) is 11.8. The molecule has 0 spiro atoms. The van der Waals surface area contributed by atoms with Gasteiger partial charge in [-0.05, 0) is 149 Å². The molecule has 3 amide bonds. The number of carboxylic acids is 2. The number of amides is 3. The molecule has 12 rings (SSSR count). The standard InChI is InChI=1S/C24H32ClN3O2.C18H26ClN3O.C6H8O2.C2HF3O2/c1-26(2)22(29)20-4-3-16(10-21(20)25)9-17-14-28(15-17)19-5-7-27(8-6-19)23(30)24-11-18(12-24)13-24;1-21(2)18(23)16-4-3-13(10-17(16)19)9-14-11-22(12-14)15-5-7-20-8-6-15;7-5(8)6-1-4(2-6)3-6;3-2(4,5)1(6)7/h3-4,10,17-19H,5-9,11-15H2,1-2H3;3-4,10,14-15,20H,5-9,11-12H2,1-2H3;4H,1-3H2,(H,7,8);(H,6,7). The second-order valence-corrected chi connectivity index (χ2v) is 22.0. The van der Waals surface area contributed by atoms with Gasteiger partial charge in [-0.3, -0.25) is 29.0 Å². The Kier molecular flexibility index (Phi) is 16.2. The average Bonchev–Trinajstić information content (AvgIpc) is 3.18. The van der Waals surface area contributed by atoms with Crippen LogP contribution in [-0.2, 0) is 27.2 Å². The van der Waals surface area contributed by atoms with Gasteiger partial charge in [0.05, 0.1) is 32.0 Å². The number of carbonyl (C=O) groups excluding carboxylic acids is 3. The third-order valence-electron chi connectivity index (χ3n) is 15.7. The first-order valence-electron chi connectivity index (χ1n) is 24.1. The molecule has 3 N–H and O–H groups in total. The number of alkyl halides is 3. The van der Waals surface area contributed by atoms with Gasteiger partial charge < -0.3 is 30.2 Å². The molecule has 10 fully saturated rings. The molecule has 0 aromatic heterocycles. The smallest absolute Gasteiger partial charge is 0.481 e. The highest BCUT2D eigenvalue weighted by Crippen LogP contribution is 2.65. The van der Waals surface area contributed by atoms with Crippen LogP contribution in [0.25, 0.3) is 0 Å². The van der Waals surface area contributed by atoms with Gasteiger partial charge in [0, 0.05) is 79.5 Å². The minimum absolute atomic E-state index is 0.0396. The topological polar surface area (TPSA) is 154 Å². The number of hydrogen-bond acceptors (Lipinski definition) is 8. The predicted molar refractivity (Wildman–Crippen MR) is 253 cm³/mol. The van der Waals surface area contributed by atoms with E-state index >= 15 is 0 Å². The van der Waals surface area contributed by atoms with E-state index in [2.05, 4.69) is 26.1 Å². The first-order chi connectivity index (χ1) is 32.1. The zero-order chi connectivity index (χ0) is 49.3. The van der Waals surface area contributed by atoms with Gasteiger partial charge in [0.15, 0.2) is 0 Å². The Balaban J connectivity index is 0.000000157. The van der Waals surface area contributed by atoms with Crippen molar-refractivity contribution in [3.63, 3.8) is 0 Å². The Hall–Kier alpha value is -3.96. The molecule has 4 heterocycles. The summed E-state index contributed by atoms with van der Waals surface area (Å²) >= 11 is 12.7. The number of benzene rings is 2. The lowest BCUT2D eigenvalue weighted by Gasteiger charge is -2.61. The zero-order valence-electron chi connectivity index (χ0n) is 39.6. The van der Waals surface area contributed by atoms with Crippen molar-refractivity contribution in [1.29, 1.82) is 0 Å². The summed E-state index contributed by atoms with van der Waals surface area (Å²) in [6, 6.07) is 13.1. The van der Waals surface area contributed by atoms with Crippen LogP contribution in [0.5, 0.6) is 0 Å². The highest BCUT2D eigenvalue weighted by atomic mass is 35.5. The van der Waals surface area contributed by atoms with Crippen LogP contribution >= 0.6 is 23.2 Å². The number of carbonyl (C=O) groups is 5. The van der Waals surface area contributed by atoms with Gasteiger partial charge in [0.25, 0.3) is 11.8 Å². The van der Waals surface area contributed by atoms with E-state index in [0.29, 0.717) is 39.0 Å². The molecule has 6 aliphatic carbocycles. The van der Waals surface area contributed by atoms with Crippen molar-refractivity contribution < 1.29 is 47.4 Å². The minimum Gasteiger partial charge on any atom is -0.481 e. The van der Waals surface area contributed by atoms with Gasteiger partial charge in [0.2, 0.25) is 5.91 Å². The fourth-order valence-electron chi connectivity index (χ4n) is 11.4. The van der Waals surface area contributed by atoms with Gasteiger partial charge in [-0.2, -0.15) is 13.2 Å². The van der Waals surface area contributed by atoms with E-state index in [4.69, 9.17) is 38.2 Å². The van der Waals surface area contributed by atoms with Gasteiger partial charge in [-0.15, -0.1) is 0 Å². The fraction of sp³-hybridized carbons (Fsp3) is 0.660. The van der Waals surface area contributed by atoms with E-state index in [1.54, 1.807) is 38.0 Å². The van der Waals surface area contributed by atoms with Crippen LogP contribution in [-0.4, -0.2) is 163 Å². The number of carboxylic acid groups (broad SMARTS) is 2. The number of aliphatic carboxylic acids is 2. The first kappa shape index (κ1) is 51.9. The number of nitrogens with one attached hydrogen (secondary N) is 1. The summed E-state index contributed by atoms with van der Waals surface area (Å²) in [6.07, 6.45) is 8.13. The molecule has 0 radical (unpaired) electrons. The number of likely N-dealkylation sites (tertiary alicyclic amines) is 3. The maximum absolute atomic E-state index is 12.8. The number of hydrogen-bond donors (Lipinski definition) is 3. The molecule has 0 unspecified atom stereocenters. The van der Waals surface area contributed by atoms with Crippen molar-refractivity contribution in [1.82, 2.24) is 29.8 Å². The van der Waals surface area contributed by atoms with E-state index in [1.165, 1.54) is 37.1 Å². The highest BCUT2D eigenvalue weighted by Gasteiger charge is 2.63. The monoisotopic (exact) mass is 990 g/mol. The normalized spacial score (nSPS) is 26.6. The Morgan fingerprint density at radius 3 is 1.34 bits per heavy atom. The molecular weight excluding hydrogens is 924 g/mol. The van der Waals surface area contributed by atoms with Crippen molar-refractivity contribution >= 4 is 52.9 Å². The Morgan fingerprint density at radius 2 is 1.04 bits per heavy atom. The first-order valence-corrected chi connectivity index (χ1v) is 24.8. The minimum atomic E-state index is -5.08. The second kappa shape index (κ2) is 21.2. The highest BCUT2D eigenvalue weighted by molar-refractivity contribution is 6.34. The van der Waals surface area contributed by atoms with Crippen molar-refractivity contribution in [2.24, 2.45) is 34.5 Å². The molecule has 4 bridgehead atoms. The second-order valence-electron chi connectivity index (χ2n) is 21.2. The largest absolute Gasteiger partial charge is 0.490 e. The molecule has 374 valence electrons. The van der Waals surface area contributed by atoms with E-state index in [-0.39, 0.29) is 22.6 Å². The molecule has 2 aromatic rings. The molecule has 6 saturated carbocycles. The van der Waals surface area contributed by atoms with Crippen LogP contribution < -0.4 is 5.32 Å². The van der Waals surface area contributed by atoms with Gasteiger partial charge in [-0.25, -0.2) is 4.79 Å². The third-order valence-corrected chi connectivity index (χ3v) is 16.3. The number of rotatable bonds is 10. The molecular formula is C50H67Cl2F3N6O7. The Bertz CT molecular complexity index is 2150. The molecule has 18 heteroatoms. The van der Waals surface area contributed by atoms with Gasteiger partial charge in [0.1, 0.15) is 0 Å². The van der Waals surface area contributed by atoms with Crippen LogP contribution in [0, 0.1) is 34.5 Å². The lowest BCUT2D eigenvalue weighted by molar-refractivity contribution is -0.192. The van der Waals surface area contributed by atoms with Crippen LogP contribution in [0.3, 0.4) is 0 Å². The van der Waals surface area contributed by atoms with E-state index in [1.807, 2.05) is 30.3 Å². The number of piperidine rings is 2. The predicted octanol–water partition coefficient (Wildman–Crippen LogP) is 7.08. The van der Waals surface area contributed by atoms with Crippen LogP contribution in [0.2, 0.25) is 10.0 Å². The molecule has 10 aliphatic rings. The summed E-state index contributed by atoms with van der Waals surface area (Å²) in [5.41, 5.74) is 3.46. The average molecular weight is 992 g/mol. The summed E-state index contributed by atoms with van der Waals surface area (Å²) in [5, 5.41) is 20.2. The number of nitrogens with zero attached hydrogens (tertiary/aromatic N) is 5. The van der Waals surface area contributed by atoms with E-state index < -0.39 is 18.1 Å². The maximum atomic E-state index is 12.8. The van der Waals surface area contributed by atoms with Crippen LogP contribution in [0.4, 0.5) is 13.2 Å². The maximum Gasteiger partial charge on any atom is 0.490 e. The van der Waals surface area contributed by atoms with Crippen molar-refractivity contribution in [3.05, 3.63) is 68.7 Å². The molecule has 68 heavy (non-hydrogen) atoms. The van der Waals surface area contributed by atoms with Gasteiger partial charge >= 0.3 is 18.1 Å². The summed E-state index contributed by atoms with van der Waals surface area (Å²) in [5.74, 6) is 0.0523. The summed E-state index contributed by atoms with van der Waals surface area (Å²) in [7, 11) is 6.98. The molecule has 0 atom stereocenters. The molecule has 4 aliphatic heterocycles. The summed E-state index contributed by atoms with van der Waals surface area (Å²) in [6.45, 7) is 8.83. The Morgan fingerprint density at radius 1 is 0.662 bits per heavy atom. The molecule has 13 nitrogen and oxygen atoms in total. The summed E-state index contributed by atoms with van der Waals surface area (Å²) in [4.78, 5) is 66.6. The summed E-state index contributed by atoms with van der Waals surface area (Å²) < 4.78 is 31.7. The van der Waals surface area contributed by atoms with Crippen molar-refractivity contribution in [2.45, 2.75) is 95.3 Å². The number of halogens is 5. The van der Waals surface area contributed by atoms with E-state index in [0.717, 1.165) is 127 Å². The fourth-order valence-corrected chi connectivity index (χ4v) is 11.9. The SMILES string of the molecule is CN(C)C(=O)c1ccc(CC2CN(C3CCN(C(=O)C45CC(C4)C5)CC3)C2)cc1Cl.CN(C)C(=O)c1ccc(CC2CN(C3CCNCC3)C2)cc1Cl.O=C(O)C(F)(F)F.O=C(O)C12CC(C1)C2. The van der Waals surface area contributed by atoms with Crippen molar-refractivity contribution in [2.75, 3.05) is 80.5 Å². The molecule has 2 aromatic carbocycles. The van der Waals surface area contributed by atoms with Gasteiger partial charge in [-0.1, -0.05) is 35.3 Å². The van der Waals surface area contributed by atoms with Crippen LogP contribution in [0.15, 0.2) is 36.4 Å². The Labute approximate surface area is 407 Å². The quantitative estimate of drug-likeness (QED) is 0.225. The lowest BCUT2D eigenvalue weighted by Crippen LogP contribution is -2.63. The van der Waals surface area contributed by atoms with E-state index in [9.17, 15) is 32.3 Å². The lowest BCUT2D eigenvalue weighted by atomic mass is 9.44. The zero-order valence-corrected chi connectivity index (χ0v) is 41.1. The van der Waals surface area contributed by atoms with Crippen molar-refractivity contribution in [3.8, 4) is 0 Å².